The van der Waals surface area contributed by atoms with E-state index in [0.29, 0.717) is 34.6 Å². The molecule has 0 radical (unpaired) electrons. The van der Waals surface area contributed by atoms with Gasteiger partial charge < -0.3 is 0 Å². The highest BCUT2D eigenvalue weighted by Crippen LogP contribution is 2.40. The van der Waals surface area contributed by atoms with Crippen molar-refractivity contribution in [3.05, 3.63) is 46.1 Å². The summed E-state index contributed by atoms with van der Waals surface area (Å²) in [6, 6.07) is 0. The average Bonchev–Trinajstić information content (AvgIpc) is 2.36. The van der Waals surface area contributed by atoms with Crippen molar-refractivity contribution in [3.8, 4) is 0 Å². The number of halogens is 1. The van der Waals surface area contributed by atoms with Crippen LogP contribution in [0.1, 0.15) is 19.3 Å². The van der Waals surface area contributed by atoms with E-state index in [1.807, 2.05) is 18.2 Å². The number of allylic oxidation sites excluding steroid dienone is 8. The molecule has 3 heteroatoms. The van der Waals surface area contributed by atoms with E-state index in [1.165, 1.54) is 0 Å². The zero-order valence-corrected chi connectivity index (χ0v) is 9.96. The average molecular weight is 247 g/mol. The van der Waals surface area contributed by atoms with Gasteiger partial charge in [0.05, 0.1) is 5.92 Å². The lowest BCUT2D eigenvalue weighted by molar-refractivity contribution is -0.122. The van der Waals surface area contributed by atoms with Gasteiger partial charge in [-0.15, -0.1) is 0 Å². The lowest BCUT2D eigenvalue weighted by Crippen LogP contribution is -2.33. The van der Waals surface area contributed by atoms with Gasteiger partial charge in [0.1, 0.15) is 0 Å². The van der Waals surface area contributed by atoms with E-state index in [2.05, 4.69) is 0 Å². The van der Waals surface area contributed by atoms with Gasteiger partial charge in [0.15, 0.2) is 11.6 Å². The van der Waals surface area contributed by atoms with Gasteiger partial charge in [-0.2, -0.15) is 0 Å². The van der Waals surface area contributed by atoms with Crippen LogP contribution in [0.5, 0.6) is 0 Å². The Hall–Kier alpha value is -1.41. The minimum absolute atomic E-state index is 0.0603. The van der Waals surface area contributed by atoms with Crippen LogP contribution in [0.3, 0.4) is 0 Å². The molecule has 86 valence electrons. The number of hydrogen-bond acceptors (Lipinski definition) is 2. The normalized spacial score (nSPS) is 27.5. The summed E-state index contributed by atoms with van der Waals surface area (Å²) in [6.07, 6.45) is 9.37. The Balaban J connectivity index is 2.19. The van der Waals surface area contributed by atoms with Crippen molar-refractivity contribution in [1.29, 1.82) is 0 Å². The number of hydrogen-bond donors (Lipinski definition) is 0. The minimum atomic E-state index is -0.270. The van der Waals surface area contributed by atoms with Gasteiger partial charge in [-0.05, 0) is 19.3 Å². The van der Waals surface area contributed by atoms with Gasteiger partial charge in [0, 0.05) is 21.8 Å². The summed E-state index contributed by atoms with van der Waals surface area (Å²) in [4.78, 5) is 24.6. The molecule has 0 saturated heterocycles. The molecule has 0 aromatic carbocycles. The van der Waals surface area contributed by atoms with Gasteiger partial charge >= 0.3 is 0 Å². The molecule has 3 aliphatic rings. The predicted molar refractivity (Wildman–Crippen MR) is 65.5 cm³/mol. The summed E-state index contributed by atoms with van der Waals surface area (Å²) in [6.45, 7) is 0. The summed E-state index contributed by atoms with van der Waals surface area (Å²) in [7, 11) is 0. The van der Waals surface area contributed by atoms with Crippen molar-refractivity contribution in [2.24, 2.45) is 5.92 Å². The highest BCUT2D eigenvalue weighted by molar-refractivity contribution is 6.39. The van der Waals surface area contributed by atoms with E-state index >= 15 is 0 Å². The van der Waals surface area contributed by atoms with E-state index in [1.54, 1.807) is 6.08 Å². The van der Waals surface area contributed by atoms with Gasteiger partial charge in [-0.25, -0.2) is 0 Å². The maximum Gasteiger partial charge on any atom is 0.191 e. The van der Waals surface area contributed by atoms with E-state index in [4.69, 9.17) is 11.6 Å². The second kappa shape index (κ2) is 3.81. The molecule has 0 amide bonds. The Bertz CT molecular complexity index is 547. The number of carbonyl (C=O) groups is 2. The van der Waals surface area contributed by atoms with Crippen LogP contribution in [0.4, 0.5) is 0 Å². The minimum Gasteiger partial charge on any atom is -0.294 e. The molecule has 0 heterocycles. The number of Topliss-reactive ketones (excluding diaryl/α,β-unsaturated/α-hetero) is 2. The smallest absolute Gasteiger partial charge is 0.191 e. The third kappa shape index (κ3) is 1.48. The lowest BCUT2D eigenvalue weighted by atomic mass is 9.72. The lowest BCUT2D eigenvalue weighted by Gasteiger charge is -2.29. The highest BCUT2D eigenvalue weighted by atomic mass is 35.5. The standard InChI is InChI=1S/C14H11ClO2/c15-11-7-3-6-10-12(11)14(17)9-5-2-1-4-8(9)13(10)16/h1-2,5,7-8H,3-4,6H2. The molecule has 1 unspecified atom stereocenters. The second-order valence-corrected chi connectivity index (χ2v) is 4.88. The number of fused-ring (bicyclic) bond motifs is 1. The van der Waals surface area contributed by atoms with E-state index in [0.717, 1.165) is 6.42 Å². The van der Waals surface area contributed by atoms with Crippen LogP contribution in [0.15, 0.2) is 46.1 Å². The van der Waals surface area contributed by atoms with E-state index in [-0.39, 0.29) is 17.5 Å². The van der Waals surface area contributed by atoms with Crippen molar-refractivity contribution in [2.75, 3.05) is 0 Å². The first-order valence-corrected chi connectivity index (χ1v) is 6.12. The third-order valence-corrected chi connectivity index (χ3v) is 3.86. The quantitative estimate of drug-likeness (QED) is 0.659. The molecule has 17 heavy (non-hydrogen) atoms. The van der Waals surface area contributed by atoms with Gasteiger partial charge in [-0.3, -0.25) is 9.59 Å². The fraction of sp³-hybridized carbons (Fsp3) is 0.286. The molecule has 0 bridgehead atoms. The largest absolute Gasteiger partial charge is 0.294 e. The van der Waals surface area contributed by atoms with Crippen molar-refractivity contribution >= 4 is 23.2 Å². The molecule has 3 rings (SSSR count). The molecule has 0 spiro atoms. The summed E-state index contributed by atoms with van der Waals surface area (Å²) in [5, 5.41) is 0.443. The second-order valence-electron chi connectivity index (χ2n) is 4.48. The van der Waals surface area contributed by atoms with Gasteiger partial charge in [-0.1, -0.05) is 35.9 Å². The van der Waals surface area contributed by atoms with E-state index in [9.17, 15) is 9.59 Å². The predicted octanol–water partition coefficient (Wildman–Crippen LogP) is 2.85. The van der Waals surface area contributed by atoms with Crippen molar-refractivity contribution in [3.63, 3.8) is 0 Å². The SMILES string of the molecule is O=C1C2=CC=CCC2C(=O)C2=C1C(Cl)=CCC2. The number of carbonyl (C=O) groups excluding carboxylic acids is 2. The Morgan fingerprint density at radius 2 is 2.12 bits per heavy atom. The monoisotopic (exact) mass is 246 g/mol. The molecule has 2 nitrogen and oxygen atoms in total. The van der Waals surface area contributed by atoms with Crippen LogP contribution in [0, 0.1) is 5.92 Å². The molecule has 3 aliphatic carbocycles. The molecule has 0 aromatic rings. The first-order valence-electron chi connectivity index (χ1n) is 5.75. The Morgan fingerprint density at radius 1 is 1.29 bits per heavy atom. The first kappa shape index (κ1) is 10.7. The van der Waals surface area contributed by atoms with Crippen molar-refractivity contribution in [1.82, 2.24) is 0 Å². The Labute approximate surface area is 104 Å². The van der Waals surface area contributed by atoms with Crippen molar-refractivity contribution in [2.45, 2.75) is 19.3 Å². The zero-order chi connectivity index (χ0) is 12.0. The van der Waals surface area contributed by atoms with Crippen LogP contribution in [-0.4, -0.2) is 11.6 Å². The number of ketones is 2. The summed E-state index contributed by atoms with van der Waals surface area (Å²) in [5.74, 6) is -0.245. The van der Waals surface area contributed by atoms with Gasteiger partial charge in [0.2, 0.25) is 0 Å². The number of rotatable bonds is 0. The fourth-order valence-corrected chi connectivity index (χ4v) is 2.98. The summed E-state index contributed by atoms with van der Waals surface area (Å²) >= 11 is 6.07. The maximum atomic E-state index is 12.3. The zero-order valence-electron chi connectivity index (χ0n) is 9.20. The highest BCUT2D eigenvalue weighted by Gasteiger charge is 2.40. The fourth-order valence-electron chi connectivity index (χ4n) is 2.67. The van der Waals surface area contributed by atoms with Crippen LogP contribution >= 0.6 is 11.6 Å². The van der Waals surface area contributed by atoms with Crippen molar-refractivity contribution < 1.29 is 9.59 Å². The molecule has 0 fully saturated rings. The molecule has 0 aliphatic heterocycles. The topological polar surface area (TPSA) is 34.1 Å². The molecule has 0 N–H and O–H groups in total. The van der Waals surface area contributed by atoms with Crippen LogP contribution in [0.25, 0.3) is 0 Å². The molecule has 1 atom stereocenters. The summed E-state index contributed by atoms with van der Waals surface area (Å²) < 4.78 is 0. The van der Waals surface area contributed by atoms with Crippen LogP contribution < -0.4 is 0 Å². The van der Waals surface area contributed by atoms with E-state index < -0.39 is 0 Å². The first-order chi connectivity index (χ1) is 8.20. The summed E-state index contributed by atoms with van der Waals surface area (Å²) in [5.41, 5.74) is 1.69. The van der Waals surface area contributed by atoms with Crippen LogP contribution in [-0.2, 0) is 9.59 Å². The molecular weight excluding hydrogens is 236 g/mol. The third-order valence-electron chi connectivity index (χ3n) is 3.52. The maximum absolute atomic E-state index is 12.3. The Morgan fingerprint density at radius 3 is 2.94 bits per heavy atom. The van der Waals surface area contributed by atoms with Gasteiger partial charge in [0.25, 0.3) is 0 Å². The molecule has 0 aromatic heterocycles. The van der Waals surface area contributed by atoms with Crippen LogP contribution in [0.2, 0.25) is 0 Å². The molecule has 0 saturated carbocycles. The molecular formula is C14H11ClO2. The Kier molecular flexibility index (Phi) is 2.40.